The molecule has 6 nitrogen and oxygen atoms in total. The molecule has 27 heavy (non-hydrogen) atoms. The maximum atomic E-state index is 13.0. The highest BCUT2D eigenvalue weighted by molar-refractivity contribution is 7.99. The number of hydrogen-bond donors (Lipinski definition) is 1. The molecule has 0 aromatic heterocycles. The summed E-state index contributed by atoms with van der Waals surface area (Å²) in [5.41, 5.74) is 2.81. The Morgan fingerprint density at radius 1 is 1.00 bits per heavy atom. The number of sulfonamides is 1. The molecule has 0 spiro atoms. The number of carbonyl (C=O) groups is 2. The number of amides is 2. The summed E-state index contributed by atoms with van der Waals surface area (Å²) >= 11 is 0. The van der Waals surface area contributed by atoms with Crippen LogP contribution in [0.25, 0.3) is 4.91 Å². The zero-order chi connectivity index (χ0) is 19.8. The van der Waals surface area contributed by atoms with Crippen LogP contribution in [0.3, 0.4) is 0 Å². The van der Waals surface area contributed by atoms with Gasteiger partial charge in [-0.05, 0) is 37.1 Å². The predicted molar refractivity (Wildman–Crippen MR) is 103 cm³/mol. The van der Waals surface area contributed by atoms with E-state index in [0.29, 0.717) is 16.7 Å². The summed E-state index contributed by atoms with van der Waals surface area (Å²) in [5, 5.41) is 2.52. The van der Waals surface area contributed by atoms with E-state index in [2.05, 4.69) is 5.32 Å². The summed E-state index contributed by atoms with van der Waals surface area (Å²) in [6.07, 6.45) is 0. The van der Waals surface area contributed by atoms with Crippen molar-refractivity contribution < 1.29 is 18.0 Å². The minimum Gasteiger partial charge on any atom is -0.355 e. The minimum absolute atomic E-state index is 0.0504. The first kappa shape index (κ1) is 18.8. The smallest absolute Gasteiger partial charge is 0.268 e. The van der Waals surface area contributed by atoms with Crippen LogP contribution in [0.4, 0.5) is 0 Å². The molecule has 0 radical (unpaired) electrons. The van der Waals surface area contributed by atoms with Crippen LogP contribution in [0, 0.1) is 6.92 Å². The highest BCUT2D eigenvalue weighted by atomic mass is 32.2. The quantitative estimate of drug-likeness (QED) is 0.878. The minimum atomic E-state index is -3.94. The molecule has 3 rings (SSSR count). The molecule has 0 saturated heterocycles. The van der Waals surface area contributed by atoms with E-state index < -0.39 is 15.9 Å². The number of nitrogens with zero attached hydrogens (tertiary/aromatic N) is 1. The lowest BCUT2D eigenvalue weighted by Crippen LogP contribution is -2.31. The maximum absolute atomic E-state index is 13.0. The Kier molecular flexibility index (Phi) is 4.89. The van der Waals surface area contributed by atoms with Crippen LogP contribution in [0.2, 0.25) is 0 Å². The third kappa shape index (κ3) is 3.38. The van der Waals surface area contributed by atoms with Gasteiger partial charge in [-0.3, -0.25) is 9.59 Å². The van der Waals surface area contributed by atoms with Crippen LogP contribution in [0.15, 0.2) is 54.1 Å². The number of aryl methyl sites for hydroxylation is 1. The van der Waals surface area contributed by atoms with Crippen molar-refractivity contribution in [1.82, 2.24) is 9.62 Å². The number of benzene rings is 2. The predicted octanol–water partition coefficient (Wildman–Crippen LogP) is 2.46. The van der Waals surface area contributed by atoms with Gasteiger partial charge in [0.1, 0.15) is 4.91 Å². The second-order valence-corrected chi connectivity index (χ2v) is 8.21. The first-order chi connectivity index (χ1) is 12.8. The highest BCUT2D eigenvalue weighted by Gasteiger charge is 2.42. The Balaban J connectivity index is 1.91. The van der Waals surface area contributed by atoms with E-state index in [0.717, 1.165) is 9.87 Å². The van der Waals surface area contributed by atoms with Gasteiger partial charge in [0.25, 0.3) is 21.8 Å². The summed E-state index contributed by atoms with van der Waals surface area (Å²) in [6, 6.07) is 13.5. The van der Waals surface area contributed by atoms with Crippen molar-refractivity contribution in [3.63, 3.8) is 0 Å². The average molecular weight is 384 g/mol. The third-order valence-electron chi connectivity index (χ3n) is 4.52. The van der Waals surface area contributed by atoms with Gasteiger partial charge in [-0.15, -0.1) is 0 Å². The van der Waals surface area contributed by atoms with Gasteiger partial charge in [0, 0.05) is 18.2 Å². The Bertz CT molecular complexity index is 1040. The van der Waals surface area contributed by atoms with Crippen LogP contribution in [-0.2, 0) is 21.4 Å². The first-order valence-corrected chi connectivity index (χ1v) is 9.85. The van der Waals surface area contributed by atoms with Gasteiger partial charge in [0.15, 0.2) is 0 Å². The van der Waals surface area contributed by atoms with E-state index in [9.17, 15) is 18.0 Å². The monoisotopic (exact) mass is 384 g/mol. The van der Waals surface area contributed by atoms with E-state index in [4.69, 9.17) is 0 Å². The maximum Gasteiger partial charge on any atom is 0.268 e. The van der Waals surface area contributed by atoms with Crippen LogP contribution in [-0.4, -0.2) is 31.6 Å². The molecule has 1 aliphatic rings. The van der Waals surface area contributed by atoms with Crippen molar-refractivity contribution in [2.75, 3.05) is 7.05 Å². The second-order valence-electron chi connectivity index (χ2n) is 6.41. The average Bonchev–Trinajstić information content (AvgIpc) is 2.82. The van der Waals surface area contributed by atoms with Crippen molar-refractivity contribution >= 4 is 26.7 Å². The summed E-state index contributed by atoms with van der Waals surface area (Å²) in [7, 11) is -2.40. The first-order valence-electron chi connectivity index (χ1n) is 8.41. The molecule has 0 atom stereocenters. The van der Waals surface area contributed by atoms with E-state index in [1.807, 2.05) is 19.1 Å². The fraction of sp³-hybridized carbons (Fsp3) is 0.200. The van der Waals surface area contributed by atoms with Crippen molar-refractivity contribution in [3.8, 4) is 0 Å². The molecule has 0 bridgehead atoms. The normalized spacial score (nSPS) is 16.0. The summed E-state index contributed by atoms with van der Waals surface area (Å²) in [4.78, 5) is 24.3. The molecule has 2 amide bonds. The van der Waals surface area contributed by atoms with E-state index in [1.165, 1.54) is 14.0 Å². The lowest BCUT2D eigenvalue weighted by Gasteiger charge is -2.17. The lowest BCUT2D eigenvalue weighted by molar-refractivity contribution is -0.122. The molecule has 0 unspecified atom stereocenters. The SMILES string of the molecule is CNC(=O)c1ccc(CN2C(=O)C(C)=C(c3ccc(C)cc3)S2(=O)=O)cc1. The fourth-order valence-electron chi connectivity index (χ4n) is 3.00. The molecule has 0 fully saturated rings. The largest absolute Gasteiger partial charge is 0.355 e. The fourth-order valence-corrected chi connectivity index (χ4v) is 4.80. The van der Waals surface area contributed by atoms with Gasteiger partial charge >= 0.3 is 0 Å². The lowest BCUT2D eigenvalue weighted by atomic mass is 10.1. The van der Waals surface area contributed by atoms with Gasteiger partial charge < -0.3 is 5.32 Å². The van der Waals surface area contributed by atoms with Crippen LogP contribution in [0.1, 0.15) is 34.0 Å². The van der Waals surface area contributed by atoms with Crippen molar-refractivity contribution in [2.24, 2.45) is 0 Å². The molecule has 0 aliphatic carbocycles. The summed E-state index contributed by atoms with van der Waals surface area (Å²) in [5.74, 6) is -0.758. The number of rotatable bonds is 4. The summed E-state index contributed by atoms with van der Waals surface area (Å²) in [6.45, 7) is 3.36. The molecule has 1 aliphatic heterocycles. The van der Waals surface area contributed by atoms with Crippen LogP contribution < -0.4 is 5.32 Å². The zero-order valence-corrected chi connectivity index (χ0v) is 16.1. The van der Waals surface area contributed by atoms with Crippen molar-refractivity contribution in [2.45, 2.75) is 20.4 Å². The molecule has 2 aromatic rings. The number of carbonyl (C=O) groups excluding carboxylic acids is 2. The number of nitrogens with one attached hydrogen (secondary N) is 1. The van der Waals surface area contributed by atoms with E-state index in [-0.39, 0.29) is 22.9 Å². The molecule has 140 valence electrons. The molecular weight excluding hydrogens is 364 g/mol. The molecule has 0 saturated carbocycles. The zero-order valence-electron chi connectivity index (χ0n) is 15.3. The molecule has 1 N–H and O–H groups in total. The Morgan fingerprint density at radius 2 is 1.59 bits per heavy atom. The third-order valence-corrected chi connectivity index (χ3v) is 6.45. The summed E-state index contributed by atoms with van der Waals surface area (Å²) < 4.78 is 26.9. The second kappa shape index (κ2) is 7.00. The Morgan fingerprint density at radius 3 is 2.15 bits per heavy atom. The standard InChI is InChI=1S/C20H20N2O4S/c1-13-4-8-16(9-5-13)18-14(2)20(24)22(27(18,25)26)12-15-6-10-17(11-7-15)19(23)21-3/h4-11H,12H2,1-3H3,(H,21,23). The van der Waals surface area contributed by atoms with Crippen molar-refractivity contribution in [3.05, 3.63) is 76.4 Å². The van der Waals surface area contributed by atoms with Gasteiger partial charge in [-0.1, -0.05) is 42.0 Å². The van der Waals surface area contributed by atoms with Crippen LogP contribution in [0.5, 0.6) is 0 Å². The van der Waals surface area contributed by atoms with Gasteiger partial charge in [0.05, 0.1) is 6.54 Å². The Hall–Kier alpha value is -2.93. The van der Waals surface area contributed by atoms with Gasteiger partial charge in [-0.25, -0.2) is 12.7 Å². The molecular formula is C20H20N2O4S. The van der Waals surface area contributed by atoms with E-state index >= 15 is 0 Å². The van der Waals surface area contributed by atoms with Crippen molar-refractivity contribution in [1.29, 1.82) is 0 Å². The van der Waals surface area contributed by atoms with Crippen LogP contribution >= 0.6 is 0 Å². The highest BCUT2D eigenvalue weighted by Crippen LogP contribution is 2.36. The molecule has 2 aromatic carbocycles. The van der Waals surface area contributed by atoms with E-state index in [1.54, 1.807) is 36.4 Å². The molecule has 7 heteroatoms. The van der Waals surface area contributed by atoms with Gasteiger partial charge in [-0.2, -0.15) is 0 Å². The number of hydrogen-bond acceptors (Lipinski definition) is 4. The Labute approximate surface area is 158 Å². The van der Waals surface area contributed by atoms with Gasteiger partial charge in [0.2, 0.25) is 0 Å². The topological polar surface area (TPSA) is 83.6 Å². The molecule has 1 heterocycles.